The lowest BCUT2D eigenvalue weighted by molar-refractivity contribution is -0.344. The third-order valence-electron chi connectivity index (χ3n) is 10.5. The van der Waals surface area contributed by atoms with Gasteiger partial charge in [0, 0.05) is 32.8 Å². The summed E-state index contributed by atoms with van der Waals surface area (Å²) in [4.78, 5) is 39.0. The fourth-order valence-electron chi connectivity index (χ4n) is 7.66. The van der Waals surface area contributed by atoms with Gasteiger partial charge in [-0.1, -0.05) is 38.2 Å². The summed E-state index contributed by atoms with van der Waals surface area (Å²) in [5.41, 5.74) is -1.47. The van der Waals surface area contributed by atoms with Crippen LogP contribution in [0.1, 0.15) is 86.5 Å². The third-order valence-corrected chi connectivity index (χ3v) is 10.5. The highest BCUT2D eigenvalue weighted by Crippen LogP contribution is 2.37. The van der Waals surface area contributed by atoms with Gasteiger partial charge in [-0.15, -0.1) is 0 Å². The van der Waals surface area contributed by atoms with E-state index in [1.165, 1.54) is 7.11 Å². The zero-order chi connectivity index (χ0) is 40.3. The standard InChI is InChI=1S/C39H65NO14/c1-10-14-29(44)52-37-25(5)50-31(21-39(37,6)47)53-34-24(4)51-38(33(46)32(34)40(7)8)54-35-26(17-18-41)19-22(2)27(42)16-13-11-12-15-23(3)49-30(45)20-28(43)36(35)48-9/h11-13,16,18,22-28,31-38,42-43,46-47H,10,14-15,17,19-21H2,1-9H3/b12-11+,16-13+/t22-,23-,24-,25+,26+,27+,28-,31+,32-,33-,34-,35+,36+,37+,38?,39-/m1/s1. The fourth-order valence-corrected chi connectivity index (χ4v) is 7.66. The Morgan fingerprint density at radius 1 is 1.04 bits per heavy atom. The van der Waals surface area contributed by atoms with Crippen LogP contribution in [0.4, 0.5) is 0 Å². The van der Waals surface area contributed by atoms with E-state index in [0.29, 0.717) is 12.8 Å². The van der Waals surface area contributed by atoms with Crippen molar-refractivity contribution in [3.8, 4) is 0 Å². The van der Waals surface area contributed by atoms with Crippen LogP contribution in [-0.4, -0.2) is 150 Å². The Morgan fingerprint density at radius 2 is 1.74 bits per heavy atom. The molecule has 3 aliphatic heterocycles. The molecule has 0 aliphatic carbocycles. The number of methoxy groups -OCH3 is 1. The molecule has 1 unspecified atom stereocenters. The van der Waals surface area contributed by atoms with Crippen molar-refractivity contribution in [3.63, 3.8) is 0 Å². The molecule has 0 aromatic carbocycles. The first-order chi connectivity index (χ1) is 25.4. The number of allylic oxidation sites excluding steroid dienone is 2. The molecule has 0 amide bonds. The molecule has 3 heterocycles. The first-order valence-corrected chi connectivity index (χ1v) is 19.2. The number of ether oxygens (including phenoxy) is 7. The summed E-state index contributed by atoms with van der Waals surface area (Å²) in [5, 5.41) is 45.7. The summed E-state index contributed by atoms with van der Waals surface area (Å²) in [6, 6.07) is -0.750. The average molecular weight is 772 g/mol. The van der Waals surface area contributed by atoms with E-state index < -0.39 is 110 Å². The molecule has 4 N–H and O–H groups in total. The Hall–Kier alpha value is -2.31. The highest BCUT2D eigenvalue weighted by molar-refractivity contribution is 5.70. The van der Waals surface area contributed by atoms with Crippen LogP contribution in [0, 0.1) is 11.8 Å². The summed E-state index contributed by atoms with van der Waals surface area (Å²) in [6.45, 7) is 10.4. The van der Waals surface area contributed by atoms with Gasteiger partial charge in [0.1, 0.15) is 36.3 Å². The number of esters is 2. The van der Waals surface area contributed by atoms with Crippen LogP contribution in [-0.2, 0) is 47.5 Å². The molecule has 3 rings (SSSR count). The molecule has 3 aliphatic rings. The number of rotatable bonds is 11. The third kappa shape index (κ3) is 12.6. The van der Waals surface area contributed by atoms with Gasteiger partial charge < -0.3 is 63.3 Å². The number of hydrogen-bond donors (Lipinski definition) is 4. The van der Waals surface area contributed by atoms with E-state index in [4.69, 9.17) is 33.2 Å². The van der Waals surface area contributed by atoms with Crippen LogP contribution in [0.25, 0.3) is 0 Å². The van der Waals surface area contributed by atoms with Crippen molar-refractivity contribution in [2.45, 2.75) is 172 Å². The van der Waals surface area contributed by atoms with Gasteiger partial charge in [0.05, 0.1) is 43.0 Å². The number of likely N-dealkylation sites (N-methyl/N-ethyl adjacent to an activating group) is 1. The second-order valence-electron chi connectivity index (χ2n) is 15.5. The van der Waals surface area contributed by atoms with Crippen LogP contribution in [0.15, 0.2) is 24.3 Å². The molecule has 0 saturated carbocycles. The van der Waals surface area contributed by atoms with Crippen molar-refractivity contribution in [1.29, 1.82) is 0 Å². The monoisotopic (exact) mass is 771 g/mol. The topological polar surface area (TPSA) is 200 Å². The molecule has 54 heavy (non-hydrogen) atoms. The van der Waals surface area contributed by atoms with Gasteiger partial charge >= 0.3 is 11.9 Å². The first kappa shape index (κ1) is 46.1. The molecule has 0 bridgehead atoms. The minimum Gasteiger partial charge on any atom is -0.462 e. The predicted octanol–water partition coefficient (Wildman–Crippen LogP) is 2.20. The van der Waals surface area contributed by atoms with Gasteiger partial charge in [-0.05, 0) is 66.5 Å². The molecule has 0 aromatic heterocycles. The minimum absolute atomic E-state index is 0.0274. The lowest BCUT2D eigenvalue weighted by atomic mass is 9.82. The van der Waals surface area contributed by atoms with Gasteiger partial charge in [0.25, 0.3) is 0 Å². The van der Waals surface area contributed by atoms with Crippen molar-refractivity contribution >= 4 is 18.2 Å². The van der Waals surface area contributed by atoms with Crippen molar-refractivity contribution < 1.29 is 68.0 Å². The Bertz CT molecular complexity index is 1240. The van der Waals surface area contributed by atoms with Gasteiger partial charge in [-0.2, -0.15) is 0 Å². The van der Waals surface area contributed by atoms with Crippen molar-refractivity contribution in [1.82, 2.24) is 4.90 Å². The molecular formula is C39H65NO14. The van der Waals surface area contributed by atoms with Gasteiger partial charge in [-0.25, -0.2) is 0 Å². The number of carbonyl (C=O) groups is 3. The van der Waals surface area contributed by atoms with E-state index in [1.807, 2.05) is 19.9 Å². The van der Waals surface area contributed by atoms with Crippen LogP contribution in [0.5, 0.6) is 0 Å². The van der Waals surface area contributed by atoms with Gasteiger partial charge in [-0.3, -0.25) is 9.59 Å². The van der Waals surface area contributed by atoms with E-state index in [1.54, 1.807) is 64.9 Å². The fraction of sp³-hybridized carbons (Fsp3) is 0.821. The van der Waals surface area contributed by atoms with Crippen LogP contribution in [0.2, 0.25) is 0 Å². The number of aliphatic hydroxyl groups is 4. The van der Waals surface area contributed by atoms with Gasteiger partial charge in [0.15, 0.2) is 18.7 Å². The Labute approximate surface area is 319 Å². The molecule has 0 radical (unpaired) electrons. The van der Waals surface area contributed by atoms with Crippen LogP contribution >= 0.6 is 0 Å². The molecule has 2 fully saturated rings. The number of aliphatic hydroxyl groups excluding tert-OH is 3. The van der Waals surface area contributed by atoms with Crippen LogP contribution < -0.4 is 0 Å². The number of nitrogens with zero attached hydrogens (tertiary/aromatic N) is 1. The zero-order valence-corrected chi connectivity index (χ0v) is 33.3. The normalized spacial score (nSPS) is 42.9. The largest absolute Gasteiger partial charge is 0.462 e. The Morgan fingerprint density at radius 3 is 2.35 bits per heavy atom. The lowest BCUT2D eigenvalue weighted by Crippen LogP contribution is -2.66. The van der Waals surface area contributed by atoms with Crippen LogP contribution in [0.3, 0.4) is 0 Å². The maximum atomic E-state index is 12.9. The van der Waals surface area contributed by atoms with E-state index >= 15 is 0 Å². The van der Waals surface area contributed by atoms with Crippen molar-refractivity contribution in [2.75, 3.05) is 21.2 Å². The van der Waals surface area contributed by atoms with Crippen molar-refractivity contribution in [2.24, 2.45) is 11.8 Å². The summed E-state index contributed by atoms with van der Waals surface area (Å²) in [7, 11) is 4.86. The van der Waals surface area contributed by atoms with Gasteiger partial charge in [0.2, 0.25) is 0 Å². The Balaban J connectivity index is 1.91. The summed E-state index contributed by atoms with van der Waals surface area (Å²) in [5.74, 6) is -2.11. The highest BCUT2D eigenvalue weighted by Gasteiger charge is 2.52. The Kier molecular flexibility index (Phi) is 18.2. The first-order valence-electron chi connectivity index (χ1n) is 19.2. The van der Waals surface area contributed by atoms with E-state index in [-0.39, 0.29) is 31.6 Å². The number of hydrogen-bond acceptors (Lipinski definition) is 15. The number of carbonyl (C=O) groups excluding carboxylic acids is 3. The molecule has 2 saturated heterocycles. The second kappa shape index (κ2) is 21.3. The SMILES string of the molecule is CCCC(=O)O[C@H]1[C@H](C)O[C@@H](O[C@H]2[C@H](N(C)C)[C@@H](O)C(O[C@H]3[C@@H](CC=O)C[C@@H](C)[C@@H](O)/C=C/C=C/C[C@@H](C)OC(=O)C[C@@H](O)[C@@H]3OC)O[C@@H]2C)C[C@@]1(C)O. The molecular weight excluding hydrogens is 706 g/mol. The molecule has 16 atom stereocenters. The van der Waals surface area contributed by atoms with E-state index in [2.05, 4.69) is 0 Å². The minimum atomic E-state index is -1.47. The highest BCUT2D eigenvalue weighted by atomic mass is 16.7. The summed E-state index contributed by atoms with van der Waals surface area (Å²) in [6.07, 6.45) is -3.26. The average Bonchev–Trinajstić information content (AvgIpc) is 3.07. The smallest absolute Gasteiger partial charge is 0.308 e. The molecule has 310 valence electrons. The van der Waals surface area contributed by atoms with Crippen molar-refractivity contribution in [3.05, 3.63) is 24.3 Å². The molecule has 0 spiro atoms. The molecule has 15 nitrogen and oxygen atoms in total. The lowest BCUT2D eigenvalue weighted by Gasteiger charge is -2.50. The summed E-state index contributed by atoms with van der Waals surface area (Å²) >= 11 is 0. The van der Waals surface area contributed by atoms with E-state index in [0.717, 1.165) is 6.29 Å². The maximum absolute atomic E-state index is 12.9. The molecule has 0 aromatic rings. The zero-order valence-electron chi connectivity index (χ0n) is 33.3. The quantitative estimate of drug-likeness (QED) is 0.176. The number of aldehydes is 1. The predicted molar refractivity (Wildman–Crippen MR) is 196 cm³/mol. The second-order valence-corrected chi connectivity index (χ2v) is 15.5. The summed E-state index contributed by atoms with van der Waals surface area (Å²) < 4.78 is 42.2. The number of cyclic esters (lactones) is 1. The molecule has 15 heteroatoms. The maximum Gasteiger partial charge on any atom is 0.308 e. The van der Waals surface area contributed by atoms with E-state index in [9.17, 15) is 34.8 Å².